The maximum atomic E-state index is 12.5. The number of esters is 1. The highest BCUT2D eigenvalue weighted by molar-refractivity contribution is 5.96. The Morgan fingerprint density at radius 3 is 2.46 bits per heavy atom. The normalized spacial score (nSPS) is 59.9. The van der Waals surface area contributed by atoms with Crippen LogP contribution in [0.3, 0.4) is 0 Å². The van der Waals surface area contributed by atoms with Crippen LogP contribution in [0.2, 0.25) is 0 Å². The van der Waals surface area contributed by atoms with E-state index in [4.69, 9.17) is 9.47 Å². The summed E-state index contributed by atoms with van der Waals surface area (Å²) in [6.07, 6.45) is -4.46. The third-order valence-electron chi connectivity index (χ3n) is 8.73. The molecular weight excluding hydrogens is 368 g/mol. The quantitative estimate of drug-likeness (QED) is 0.382. The van der Waals surface area contributed by atoms with Crippen LogP contribution in [0, 0.1) is 28.6 Å². The van der Waals surface area contributed by atoms with E-state index in [2.05, 4.69) is 0 Å². The summed E-state index contributed by atoms with van der Waals surface area (Å²) in [4.78, 5) is 25.0. The molecule has 1 spiro atoms. The largest absolute Gasteiger partial charge is 0.460 e. The van der Waals surface area contributed by atoms with Gasteiger partial charge in [0.1, 0.15) is 23.9 Å². The van der Waals surface area contributed by atoms with Gasteiger partial charge in [-0.05, 0) is 32.3 Å². The van der Waals surface area contributed by atoms with E-state index in [0.717, 1.165) is 5.57 Å². The summed E-state index contributed by atoms with van der Waals surface area (Å²) < 4.78 is 11.6. The molecule has 2 saturated heterocycles. The van der Waals surface area contributed by atoms with Crippen molar-refractivity contribution >= 4 is 11.8 Å². The highest BCUT2D eigenvalue weighted by Gasteiger charge is 2.81. The van der Waals surface area contributed by atoms with E-state index in [0.29, 0.717) is 6.42 Å². The molecule has 3 aliphatic carbocycles. The lowest BCUT2D eigenvalue weighted by Crippen LogP contribution is -2.78. The first-order valence-electron chi connectivity index (χ1n) is 9.80. The molecular formula is C20H26O8. The number of rotatable bonds is 0. The second-order valence-electron chi connectivity index (χ2n) is 9.69. The number of hydrogen-bond acceptors (Lipinski definition) is 8. The molecule has 0 aromatic rings. The summed E-state index contributed by atoms with van der Waals surface area (Å²) in [5.41, 5.74) is -2.67. The fourth-order valence-electron chi connectivity index (χ4n) is 7.59. The molecule has 8 heteroatoms. The summed E-state index contributed by atoms with van der Waals surface area (Å²) >= 11 is 0. The molecule has 154 valence electrons. The number of hydrogen-bond donors (Lipinski definition) is 4. The summed E-state index contributed by atoms with van der Waals surface area (Å²) in [6, 6.07) is 0. The third-order valence-corrected chi connectivity index (χ3v) is 8.73. The topological polar surface area (TPSA) is 134 Å². The number of carbonyl (C=O) groups excluding carboxylic acids is 2. The number of aliphatic hydroxyl groups excluding tert-OH is 4. The Labute approximate surface area is 162 Å². The van der Waals surface area contributed by atoms with E-state index >= 15 is 0 Å². The average molecular weight is 394 g/mol. The molecule has 0 amide bonds. The first kappa shape index (κ1) is 18.7. The van der Waals surface area contributed by atoms with Gasteiger partial charge in [-0.25, -0.2) is 4.79 Å². The van der Waals surface area contributed by atoms with Crippen molar-refractivity contribution in [2.24, 2.45) is 28.6 Å². The molecule has 11 atom stereocenters. The van der Waals surface area contributed by atoms with Gasteiger partial charge in [0.05, 0.1) is 12.7 Å². The minimum Gasteiger partial charge on any atom is -0.460 e. The molecule has 28 heavy (non-hydrogen) atoms. The summed E-state index contributed by atoms with van der Waals surface area (Å²) in [5.74, 6) is -3.13. The van der Waals surface area contributed by atoms with Gasteiger partial charge in [0, 0.05) is 22.7 Å². The Kier molecular flexibility index (Phi) is 3.49. The van der Waals surface area contributed by atoms with Gasteiger partial charge < -0.3 is 29.9 Å². The fourth-order valence-corrected chi connectivity index (χ4v) is 7.59. The maximum Gasteiger partial charge on any atom is 0.335 e. The Morgan fingerprint density at radius 2 is 1.79 bits per heavy atom. The number of aliphatic hydroxyl groups is 4. The molecule has 4 fully saturated rings. The monoisotopic (exact) mass is 394 g/mol. The Bertz CT molecular complexity index is 808. The van der Waals surface area contributed by atoms with Crippen LogP contribution in [-0.2, 0) is 19.1 Å². The minimum atomic E-state index is -1.51. The Balaban J connectivity index is 1.78. The lowest BCUT2D eigenvalue weighted by atomic mass is 9.38. The fraction of sp³-hybridized carbons (Fsp3) is 0.800. The standard InChI is InChI=1S/C20H26O8/c1-7-4-9(21)15(24)18(2)8(7)5-10-20-6-27-19(3,16(25)11(22)13(18)20)14(20)12(23)17(26)28-10/h4,8,10-16,22-25H,5-6H2,1-3H3/t8-,10+,11+,12+,13+,14-,15+,16-,18-,19-,20+/m0/s1. The zero-order chi connectivity index (χ0) is 20.4. The van der Waals surface area contributed by atoms with Crippen LogP contribution in [-0.4, -0.2) is 74.9 Å². The molecule has 2 bridgehead atoms. The number of allylic oxidation sites excluding steroid dienone is 1. The van der Waals surface area contributed by atoms with E-state index in [-0.39, 0.29) is 12.5 Å². The maximum absolute atomic E-state index is 12.5. The first-order chi connectivity index (χ1) is 13.0. The summed E-state index contributed by atoms with van der Waals surface area (Å²) in [6.45, 7) is 5.21. The molecule has 2 saturated carbocycles. The molecule has 0 aromatic heterocycles. The van der Waals surface area contributed by atoms with E-state index in [9.17, 15) is 30.0 Å². The van der Waals surface area contributed by atoms with Gasteiger partial charge >= 0.3 is 5.97 Å². The molecule has 0 aromatic carbocycles. The van der Waals surface area contributed by atoms with Crippen molar-refractivity contribution in [2.75, 3.05) is 6.61 Å². The van der Waals surface area contributed by atoms with Crippen molar-refractivity contribution in [1.29, 1.82) is 0 Å². The molecule has 2 heterocycles. The highest BCUT2D eigenvalue weighted by Crippen LogP contribution is 2.72. The van der Waals surface area contributed by atoms with Crippen molar-refractivity contribution < 1.29 is 39.5 Å². The smallest absolute Gasteiger partial charge is 0.335 e. The van der Waals surface area contributed by atoms with Crippen LogP contribution in [0.1, 0.15) is 27.2 Å². The average Bonchev–Trinajstić information content (AvgIpc) is 2.90. The predicted molar refractivity (Wildman–Crippen MR) is 92.7 cm³/mol. The van der Waals surface area contributed by atoms with E-state index in [1.807, 2.05) is 0 Å². The molecule has 0 unspecified atom stereocenters. The van der Waals surface area contributed by atoms with E-state index < -0.39 is 70.5 Å². The summed E-state index contributed by atoms with van der Waals surface area (Å²) in [5, 5.41) is 43.9. The second-order valence-corrected chi connectivity index (χ2v) is 9.69. The molecule has 4 N–H and O–H groups in total. The number of ether oxygens (including phenoxy) is 2. The lowest BCUT2D eigenvalue weighted by Gasteiger charge is -2.68. The van der Waals surface area contributed by atoms with Crippen LogP contribution in [0.4, 0.5) is 0 Å². The minimum absolute atomic E-state index is 0.0634. The van der Waals surface area contributed by atoms with Gasteiger partial charge in [0.15, 0.2) is 11.9 Å². The van der Waals surface area contributed by atoms with Gasteiger partial charge in [-0.3, -0.25) is 4.79 Å². The number of carbonyl (C=O) groups is 2. The van der Waals surface area contributed by atoms with Crippen LogP contribution >= 0.6 is 0 Å². The van der Waals surface area contributed by atoms with Crippen molar-refractivity contribution in [1.82, 2.24) is 0 Å². The predicted octanol–water partition coefficient (Wildman–Crippen LogP) is -1.07. The first-order valence-corrected chi connectivity index (χ1v) is 9.80. The second kappa shape index (κ2) is 5.23. The molecule has 5 rings (SSSR count). The number of ketones is 1. The van der Waals surface area contributed by atoms with Crippen molar-refractivity contribution in [3.8, 4) is 0 Å². The Morgan fingerprint density at radius 1 is 1.11 bits per heavy atom. The zero-order valence-electron chi connectivity index (χ0n) is 16.0. The van der Waals surface area contributed by atoms with Crippen LogP contribution in [0.5, 0.6) is 0 Å². The van der Waals surface area contributed by atoms with Gasteiger partial charge in [0.25, 0.3) is 0 Å². The van der Waals surface area contributed by atoms with Gasteiger partial charge in [-0.1, -0.05) is 12.5 Å². The lowest BCUT2D eigenvalue weighted by molar-refractivity contribution is -0.296. The third kappa shape index (κ3) is 1.72. The summed E-state index contributed by atoms with van der Waals surface area (Å²) in [7, 11) is 0. The van der Waals surface area contributed by atoms with Gasteiger partial charge in [0.2, 0.25) is 0 Å². The number of fused-ring (bicyclic) bond motifs is 2. The van der Waals surface area contributed by atoms with Gasteiger partial charge in [-0.15, -0.1) is 0 Å². The van der Waals surface area contributed by atoms with Crippen LogP contribution < -0.4 is 0 Å². The van der Waals surface area contributed by atoms with Crippen molar-refractivity contribution in [3.63, 3.8) is 0 Å². The highest BCUT2D eigenvalue weighted by atomic mass is 16.6. The van der Waals surface area contributed by atoms with Crippen molar-refractivity contribution in [3.05, 3.63) is 11.6 Å². The van der Waals surface area contributed by atoms with E-state index in [1.165, 1.54) is 6.08 Å². The van der Waals surface area contributed by atoms with Crippen molar-refractivity contribution in [2.45, 2.75) is 63.3 Å². The molecule has 2 aliphatic heterocycles. The van der Waals surface area contributed by atoms with Crippen LogP contribution in [0.25, 0.3) is 0 Å². The molecule has 8 nitrogen and oxygen atoms in total. The van der Waals surface area contributed by atoms with E-state index in [1.54, 1.807) is 20.8 Å². The SMILES string of the molecule is CC1=CC(=O)[C@@H](O)[C@]2(C)[C@H]3[C@@H](O)[C@H](O)[C@@]4(C)OC[C@@]35[C@@H](C[C@@H]12)OC(=O)[C@H](O)[C@@H]45. The molecule has 0 radical (unpaired) electrons. The zero-order valence-corrected chi connectivity index (χ0v) is 16.0. The Hall–Kier alpha value is -1.32. The molecule has 5 aliphatic rings. The van der Waals surface area contributed by atoms with Gasteiger partial charge in [-0.2, -0.15) is 0 Å². The van der Waals surface area contributed by atoms with Crippen LogP contribution in [0.15, 0.2) is 11.6 Å².